The molecular formula is C18H25N5O2. The van der Waals surface area contributed by atoms with Crippen LogP contribution in [0.25, 0.3) is 0 Å². The molecule has 1 fully saturated rings. The van der Waals surface area contributed by atoms with E-state index >= 15 is 0 Å². The average molecular weight is 343 g/mol. The molecule has 7 heteroatoms. The Morgan fingerprint density at radius 1 is 1.32 bits per heavy atom. The van der Waals surface area contributed by atoms with E-state index in [0.717, 1.165) is 18.7 Å². The van der Waals surface area contributed by atoms with Gasteiger partial charge in [-0.1, -0.05) is 30.3 Å². The van der Waals surface area contributed by atoms with Gasteiger partial charge in [0.1, 0.15) is 0 Å². The second kappa shape index (κ2) is 8.13. The number of nitrogens with one attached hydrogen (secondary N) is 1. The summed E-state index contributed by atoms with van der Waals surface area (Å²) in [6.45, 7) is 3.30. The maximum atomic E-state index is 12.7. The molecule has 2 heterocycles. The van der Waals surface area contributed by atoms with E-state index in [1.54, 1.807) is 0 Å². The smallest absolute Gasteiger partial charge is 0.323 e. The van der Waals surface area contributed by atoms with E-state index in [1.807, 2.05) is 66.3 Å². The van der Waals surface area contributed by atoms with Crippen LogP contribution < -0.4 is 5.32 Å². The van der Waals surface area contributed by atoms with Gasteiger partial charge in [-0.15, -0.1) is 0 Å². The first-order chi connectivity index (χ1) is 12.1. The second-order valence-electron chi connectivity index (χ2n) is 6.39. The van der Waals surface area contributed by atoms with Gasteiger partial charge in [-0.25, -0.2) is 4.79 Å². The first kappa shape index (κ1) is 17.4. The van der Waals surface area contributed by atoms with Crippen molar-refractivity contribution in [2.75, 3.05) is 45.7 Å². The molecule has 25 heavy (non-hydrogen) atoms. The Balaban J connectivity index is 1.65. The molecule has 134 valence electrons. The molecule has 2 amide bonds. The first-order valence-electron chi connectivity index (χ1n) is 8.52. The molecule has 1 aliphatic heterocycles. The summed E-state index contributed by atoms with van der Waals surface area (Å²) in [7, 11) is 4.04. The van der Waals surface area contributed by atoms with Gasteiger partial charge < -0.3 is 14.5 Å². The van der Waals surface area contributed by atoms with Gasteiger partial charge >= 0.3 is 6.03 Å². The number of hydrogen-bond donors (Lipinski definition) is 1. The lowest BCUT2D eigenvalue weighted by atomic mass is 10.1. The van der Waals surface area contributed by atoms with E-state index in [9.17, 15) is 4.79 Å². The Morgan fingerprint density at radius 3 is 2.88 bits per heavy atom. The number of hydrogen-bond acceptors (Lipinski definition) is 4. The highest BCUT2D eigenvalue weighted by molar-refractivity contribution is 5.88. The summed E-state index contributed by atoms with van der Waals surface area (Å²) in [5.41, 5.74) is 1.08. The molecule has 0 aliphatic carbocycles. The van der Waals surface area contributed by atoms with Crippen molar-refractivity contribution in [1.29, 1.82) is 0 Å². The van der Waals surface area contributed by atoms with E-state index in [1.165, 1.54) is 0 Å². The lowest BCUT2D eigenvalue weighted by Gasteiger charge is -2.35. The molecule has 2 aromatic rings. The van der Waals surface area contributed by atoms with Gasteiger partial charge in [0.05, 0.1) is 25.8 Å². The summed E-state index contributed by atoms with van der Waals surface area (Å²) >= 11 is 0. The number of amides is 2. The Bertz CT molecular complexity index is 686. The van der Waals surface area contributed by atoms with Crippen molar-refractivity contribution in [3.05, 3.63) is 48.2 Å². The third-order valence-electron chi connectivity index (χ3n) is 4.23. The summed E-state index contributed by atoms with van der Waals surface area (Å²) in [6, 6.07) is 11.6. The van der Waals surface area contributed by atoms with Gasteiger partial charge in [0, 0.05) is 25.4 Å². The third-order valence-corrected chi connectivity index (χ3v) is 4.23. The van der Waals surface area contributed by atoms with Crippen LogP contribution in [-0.4, -0.2) is 66.0 Å². The maximum absolute atomic E-state index is 12.7. The fraction of sp³-hybridized carbons (Fsp3) is 0.444. The minimum Gasteiger partial charge on any atom is -0.377 e. The van der Waals surface area contributed by atoms with Gasteiger partial charge in [-0.2, -0.15) is 5.10 Å². The number of ether oxygens (including phenoxy) is 1. The van der Waals surface area contributed by atoms with Crippen LogP contribution in [-0.2, 0) is 11.3 Å². The fourth-order valence-corrected chi connectivity index (χ4v) is 2.83. The van der Waals surface area contributed by atoms with Gasteiger partial charge in [0.15, 0.2) is 5.82 Å². The number of carbonyl (C=O) groups excluding carboxylic acids is 1. The molecule has 1 atom stereocenters. The Labute approximate surface area is 148 Å². The highest BCUT2D eigenvalue weighted by atomic mass is 16.5. The standard InChI is InChI=1S/C18H25N5O2/c1-21(2)10-11-22-9-8-17(20-22)19-18(24)23-12-13-25-14-16(23)15-6-4-3-5-7-15/h3-9,16H,10-14H2,1-2H3,(H,19,20,24)/t16-/m1/s1. The first-order valence-corrected chi connectivity index (χ1v) is 8.52. The summed E-state index contributed by atoms with van der Waals surface area (Å²) in [5.74, 6) is 0.571. The van der Waals surface area contributed by atoms with Crippen molar-refractivity contribution in [3.8, 4) is 0 Å². The zero-order chi connectivity index (χ0) is 17.6. The van der Waals surface area contributed by atoms with Crippen LogP contribution in [0.2, 0.25) is 0 Å². The van der Waals surface area contributed by atoms with Crippen molar-refractivity contribution < 1.29 is 9.53 Å². The van der Waals surface area contributed by atoms with Crippen LogP contribution in [0, 0.1) is 0 Å². The van der Waals surface area contributed by atoms with Gasteiger partial charge in [-0.3, -0.25) is 10.00 Å². The average Bonchev–Trinajstić information content (AvgIpc) is 3.08. The Morgan fingerprint density at radius 2 is 2.12 bits per heavy atom. The zero-order valence-electron chi connectivity index (χ0n) is 14.8. The molecule has 1 N–H and O–H groups in total. The summed E-state index contributed by atoms with van der Waals surface area (Å²) < 4.78 is 7.42. The van der Waals surface area contributed by atoms with E-state index in [4.69, 9.17) is 4.74 Å². The van der Waals surface area contributed by atoms with Crippen molar-refractivity contribution in [3.63, 3.8) is 0 Å². The molecule has 1 aromatic carbocycles. The lowest BCUT2D eigenvalue weighted by Crippen LogP contribution is -2.45. The SMILES string of the molecule is CN(C)CCn1ccc(NC(=O)N2CCOC[C@@H]2c2ccccc2)n1. The number of aromatic nitrogens is 2. The molecule has 1 aliphatic rings. The summed E-state index contributed by atoms with van der Waals surface area (Å²) in [6.07, 6.45) is 1.88. The molecule has 0 spiro atoms. The number of carbonyl (C=O) groups is 1. The van der Waals surface area contributed by atoms with Gasteiger partial charge in [0.25, 0.3) is 0 Å². The Hall–Kier alpha value is -2.38. The highest BCUT2D eigenvalue weighted by Crippen LogP contribution is 2.24. The largest absolute Gasteiger partial charge is 0.377 e. The molecule has 7 nitrogen and oxygen atoms in total. The van der Waals surface area contributed by atoms with Crippen molar-refractivity contribution >= 4 is 11.8 Å². The summed E-state index contributed by atoms with van der Waals surface area (Å²) in [4.78, 5) is 16.6. The van der Waals surface area contributed by atoms with Crippen LogP contribution in [0.3, 0.4) is 0 Å². The van der Waals surface area contributed by atoms with Crippen molar-refractivity contribution in [2.24, 2.45) is 0 Å². The molecule has 0 bridgehead atoms. The number of morpholine rings is 1. The predicted octanol–water partition coefficient (Wildman–Crippen LogP) is 2.05. The van der Waals surface area contributed by atoms with Crippen LogP contribution >= 0.6 is 0 Å². The van der Waals surface area contributed by atoms with Gasteiger partial charge in [-0.05, 0) is 19.7 Å². The quantitative estimate of drug-likeness (QED) is 0.903. The monoisotopic (exact) mass is 343 g/mol. The maximum Gasteiger partial charge on any atom is 0.323 e. The Kier molecular flexibility index (Phi) is 5.67. The topological polar surface area (TPSA) is 62.6 Å². The van der Waals surface area contributed by atoms with Crippen LogP contribution in [0.5, 0.6) is 0 Å². The van der Waals surface area contributed by atoms with Crippen molar-refractivity contribution in [2.45, 2.75) is 12.6 Å². The van der Waals surface area contributed by atoms with Crippen LogP contribution in [0.1, 0.15) is 11.6 Å². The molecule has 3 rings (SSSR count). The predicted molar refractivity (Wildman–Crippen MR) is 96.5 cm³/mol. The highest BCUT2D eigenvalue weighted by Gasteiger charge is 2.28. The fourth-order valence-electron chi connectivity index (χ4n) is 2.83. The van der Waals surface area contributed by atoms with E-state index in [-0.39, 0.29) is 12.1 Å². The van der Waals surface area contributed by atoms with Crippen molar-refractivity contribution in [1.82, 2.24) is 19.6 Å². The molecule has 0 saturated carbocycles. The molecule has 1 saturated heterocycles. The zero-order valence-corrected chi connectivity index (χ0v) is 14.8. The lowest BCUT2D eigenvalue weighted by molar-refractivity contribution is 0.0147. The number of nitrogens with zero attached hydrogens (tertiary/aromatic N) is 4. The number of urea groups is 1. The van der Waals surface area contributed by atoms with Gasteiger partial charge in [0.2, 0.25) is 0 Å². The second-order valence-corrected chi connectivity index (χ2v) is 6.39. The normalized spacial score (nSPS) is 17.7. The third kappa shape index (κ3) is 4.58. The minimum atomic E-state index is -0.144. The van der Waals surface area contributed by atoms with E-state index in [2.05, 4.69) is 15.3 Å². The number of rotatable bonds is 5. The van der Waals surface area contributed by atoms with Crippen LogP contribution in [0.4, 0.5) is 10.6 Å². The molecule has 0 radical (unpaired) electrons. The summed E-state index contributed by atoms with van der Waals surface area (Å²) in [5, 5.41) is 7.32. The molecular weight excluding hydrogens is 318 g/mol. The molecule has 0 unspecified atom stereocenters. The number of anilines is 1. The minimum absolute atomic E-state index is 0.0780. The van der Waals surface area contributed by atoms with Crippen LogP contribution in [0.15, 0.2) is 42.6 Å². The van der Waals surface area contributed by atoms with E-state index in [0.29, 0.717) is 25.6 Å². The number of benzene rings is 1. The van der Waals surface area contributed by atoms with E-state index < -0.39 is 0 Å². The molecule has 1 aromatic heterocycles. The number of likely N-dealkylation sites (N-methyl/N-ethyl adjacent to an activating group) is 1.